The molecule has 1 aliphatic heterocycles. The fraction of sp³-hybridized carbons (Fsp3) is 0.235. The van der Waals surface area contributed by atoms with Crippen LogP contribution in [0.5, 0.6) is 0 Å². The molecule has 3 rings (SSSR count). The quantitative estimate of drug-likeness (QED) is 0.836. The summed E-state index contributed by atoms with van der Waals surface area (Å²) in [6, 6.07) is 10.2. The van der Waals surface area contributed by atoms with E-state index in [9.17, 15) is 17.6 Å². The molecule has 5 nitrogen and oxygen atoms in total. The Hall–Kier alpha value is -2.41. The lowest BCUT2D eigenvalue weighted by atomic mass is 10.1. The second-order valence-corrected chi connectivity index (χ2v) is 7.82. The van der Waals surface area contributed by atoms with E-state index in [2.05, 4.69) is 0 Å². The largest absolute Gasteiger partial charge is 0.371 e. The minimum atomic E-state index is -3.30. The smallest absolute Gasteiger partial charge is 0.258 e. The number of amides is 1. The molecule has 0 saturated carbocycles. The number of anilines is 2. The van der Waals surface area contributed by atoms with Crippen LogP contribution in [0.4, 0.5) is 15.8 Å². The van der Waals surface area contributed by atoms with Crippen LogP contribution in [0.1, 0.15) is 10.4 Å². The molecule has 0 spiro atoms. The first-order valence-corrected chi connectivity index (χ1v) is 9.29. The summed E-state index contributed by atoms with van der Waals surface area (Å²) in [5, 5.41) is 0. The third kappa shape index (κ3) is 2.99. The molecule has 0 bridgehead atoms. The Morgan fingerprint density at radius 2 is 1.71 bits per heavy atom. The Morgan fingerprint density at radius 3 is 2.33 bits per heavy atom. The highest BCUT2D eigenvalue weighted by molar-refractivity contribution is 7.90. The average Bonchev–Trinajstić information content (AvgIpc) is 2.54. The third-order valence-corrected chi connectivity index (χ3v) is 5.20. The Kier molecular flexibility index (Phi) is 4.04. The SMILES string of the molecule is CN1CCN(C(=O)c2ccc(S(C)(=O)=O)cc2)c2ccc(F)cc21. The van der Waals surface area contributed by atoms with Gasteiger partial charge in [-0.3, -0.25) is 4.79 Å². The van der Waals surface area contributed by atoms with Crippen molar-refractivity contribution in [2.75, 3.05) is 36.2 Å². The Morgan fingerprint density at radius 1 is 1.04 bits per heavy atom. The van der Waals surface area contributed by atoms with Crippen LogP contribution in [0, 0.1) is 5.82 Å². The van der Waals surface area contributed by atoms with E-state index in [1.165, 1.54) is 36.4 Å². The summed E-state index contributed by atoms with van der Waals surface area (Å²) >= 11 is 0. The number of benzene rings is 2. The molecule has 1 heterocycles. The molecule has 2 aromatic carbocycles. The number of nitrogens with zero attached hydrogens (tertiary/aromatic N) is 2. The predicted molar refractivity (Wildman–Crippen MR) is 90.9 cm³/mol. The molecule has 1 amide bonds. The summed E-state index contributed by atoms with van der Waals surface area (Å²) in [5.41, 5.74) is 1.69. The van der Waals surface area contributed by atoms with Gasteiger partial charge < -0.3 is 9.80 Å². The van der Waals surface area contributed by atoms with E-state index in [1.807, 2.05) is 11.9 Å². The molecule has 0 saturated heterocycles. The number of sulfone groups is 1. The third-order valence-electron chi connectivity index (χ3n) is 4.07. The van der Waals surface area contributed by atoms with Gasteiger partial charge >= 0.3 is 0 Å². The molecule has 24 heavy (non-hydrogen) atoms. The molecule has 0 N–H and O–H groups in total. The van der Waals surface area contributed by atoms with Gasteiger partial charge in [-0.25, -0.2) is 12.8 Å². The molecule has 0 aromatic heterocycles. The Bertz CT molecular complexity index is 895. The molecule has 0 unspecified atom stereocenters. The maximum atomic E-state index is 13.5. The van der Waals surface area contributed by atoms with Crippen LogP contribution < -0.4 is 9.80 Å². The van der Waals surface area contributed by atoms with E-state index in [0.29, 0.717) is 30.0 Å². The molecule has 7 heteroatoms. The van der Waals surface area contributed by atoms with Crippen LogP contribution in [0.25, 0.3) is 0 Å². The Balaban J connectivity index is 1.95. The highest BCUT2D eigenvalue weighted by Gasteiger charge is 2.26. The molecule has 1 aliphatic rings. The van der Waals surface area contributed by atoms with Gasteiger partial charge in [-0.2, -0.15) is 0 Å². The zero-order chi connectivity index (χ0) is 17.5. The first kappa shape index (κ1) is 16.4. The zero-order valence-electron chi connectivity index (χ0n) is 13.4. The summed E-state index contributed by atoms with van der Waals surface area (Å²) in [6.45, 7) is 1.06. The Labute approximate surface area is 140 Å². The van der Waals surface area contributed by atoms with Crippen molar-refractivity contribution in [2.24, 2.45) is 0 Å². The fourth-order valence-electron chi connectivity index (χ4n) is 2.73. The van der Waals surface area contributed by atoms with Crippen LogP contribution >= 0.6 is 0 Å². The fourth-order valence-corrected chi connectivity index (χ4v) is 3.36. The molecule has 126 valence electrons. The van der Waals surface area contributed by atoms with E-state index in [4.69, 9.17) is 0 Å². The van der Waals surface area contributed by atoms with Gasteiger partial charge in [0.25, 0.3) is 5.91 Å². The summed E-state index contributed by atoms with van der Waals surface area (Å²) in [4.78, 5) is 16.4. The van der Waals surface area contributed by atoms with E-state index in [1.54, 1.807) is 11.0 Å². The van der Waals surface area contributed by atoms with Gasteiger partial charge in [0, 0.05) is 32.0 Å². The first-order valence-electron chi connectivity index (χ1n) is 7.40. The van der Waals surface area contributed by atoms with Crippen molar-refractivity contribution in [1.29, 1.82) is 0 Å². The van der Waals surface area contributed by atoms with Crippen molar-refractivity contribution in [1.82, 2.24) is 0 Å². The van der Waals surface area contributed by atoms with Gasteiger partial charge in [-0.1, -0.05) is 0 Å². The van der Waals surface area contributed by atoms with E-state index < -0.39 is 9.84 Å². The predicted octanol–water partition coefficient (Wildman–Crippen LogP) is 2.33. The van der Waals surface area contributed by atoms with Gasteiger partial charge in [0.15, 0.2) is 9.84 Å². The number of carbonyl (C=O) groups excluding carboxylic acids is 1. The number of halogens is 1. The van der Waals surface area contributed by atoms with Gasteiger partial charge in [0.1, 0.15) is 5.82 Å². The van der Waals surface area contributed by atoms with Gasteiger partial charge in [-0.05, 0) is 42.5 Å². The number of likely N-dealkylation sites (N-methyl/N-ethyl adjacent to an activating group) is 1. The lowest BCUT2D eigenvalue weighted by Crippen LogP contribution is -2.42. The summed E-state index contributed by atoms with van der Waals surface area (Å²) in [7, 11) is -1.46. The average molecular weight is 348 g/mol. The maximum absolute atomic E-state index is 13.5. The topological polar surface area (TPSA) is 57.7 Å². The monoisotopic (exact) mass is 348 g/mol. The number of carbonyl (C=O) groups is 1. The standard InChI is InChI=1S/C17H17FN2O3S/c1-19-9-10-20(15-8-5-13(18)11-16(15)19)17(21)12-3-6-14(7-4-12)24(2,22)23/h3-8,11H,9-10H2,1-2H3. The minimum absolute atomic E-state index is 0.167. The second-order valence-electron chi connectivity index (χ2n) is 5.81. The lowest BCUT2D eigenvalue weighted by Gasteiger charge is -2.35. The van der Waals surface area contributed by atoms with Gasteiger partial charge in [0.2, 0.25) is 0 Å². The second kappa shape index (κ2) is 5.90. The van der Waals surface area contributed by atoms with E-state index >= 15 is 0 Å². The molecular formula is C17H17FN2O3S. The van der Waals surface area contributed by atoms with E-state index in [-0.39, 0.29) is 16.6 Å². The maximum Gasteiger partial charge on any atom is 0.258 e. The van der Waals surface area contributed by atoms with Gasteiger partial charge in [0.05, 0.1) is 16.3 Å². The number of hydrogen-bond acceptors (Lipinski definition) is 4. The molecular weight excluding hydrogens is 331 g/mol. The summed E-state index contributed by atoms with van der Waals surface area (Å²) in [5.74, 6) is -0.594. The van der Waals surface area contributed by atoms with Gasteiger partial charge in [-0.15, -0.1) is 0 Å². The number of hydrogen-bond donors (Lipinski definition) is 0. The van der Waals surface area contributed by atoms with Crippen LogP contribution in [-0.4, -0.2) is 40.7 Å². The zero-order valence-corrected chi connectivity index (χ0v) is 14.2. The summed E-state index contributed by atoms with van der Waals surface area (Å²) in [6.07, 6.45) is 1.12. The normalized spacial score (nSPS) is 14.5. The van der Waals surface area contributed by atoms with Crippen LogP contribution in [0.3, 0.4) is 0 Å². The molecule has 0 fully saturated rings. The van der Waals surface area contributed by atoms with Crippen molar-refractivity contribution in [2.45, 2.75) is 4.90 Å². The number of fused-ring (bicyclic) bond motifs is 1. The summed E-state index contributed by atoms with van der Waals surface area (Å²) < 4.78 is 36.5. The van der Waals surface area contributed by atoms with Crippen LogP contribution in [0.2, 0.25) is 0 Å². The molecule has 0 aliphatic carbocycles. The highest BCUT2D eigenvalue weighted by atomic mass is 32.2. The van der Waals surface area contributed by atoms with Crippen LogP contribution in [0.15, 0.2) is 47.4 Å². The highest BCUT2D eigenvalue weighted by Crippen LogP contribution is 2.33. The van der Waals surface area contributed by atoms with Crippen molar-refractivity contribution in [3.05, 3.63) is 53.8 Å². The van der Waals surface area contributed by atoms with Crippen molar-refractivity contribution in [3.63, 3.8) is 0 Å². The number of rotatable bonds is 2. The van der Waals surface area contributed by atoms with Crippen molar-refractivity contribution in [3.8, 4) is 0 Å². The van der Waals surface area contributed by atoms with Crippen LogP contribution in [-0.2, 0) is 9.84 Å². The first-order chi connectivity index (χ1) is 11.3. The minimum Gasteiger partial charge on any atom is -0.371 e. The molecule has 0 atom stereocenters. The van der Waals surface area contributed by atoms with Crippen molar-refractivity contribution < 1.29 is 17.6 Å². The molecule has 0 radical (unpaired) electrons. The van der Waals surface area contributed by atoms with Crippen molar-refractivity contribution >= 4 is 27.1 Å². The lowest BCUT2D eigenvalue weighted by molar-refractivity contribution is 0.0986. The van der Waals surface area contributed by atoms with E-state index in [0.717, 1.165) is 6.26 Å². The molecule has 2 aromatic rings.